The van der Waals surface area contributed by atoms with Crippen LogP contribution in [0.3, 0.4) is 0 Å². The van der Waals surface area contributed by atoms with Gasteiger partial charge >= 0.3 is 5.97 Å². The lowest BCUT2D eigenvalue weighted by Crippen LogP contribution is -2.42. The standard InChI is InChI=1S/C11H13NO3/c1-15-9-4-3-8(7-12-9)11(10(13)14)5-2-6-11/h3-4,7H,2,5-6H2,1H3,(H,13,14). The van der Waals surface area contributed by atoms with Gasteiger partial charge in [0.15, 0.2) is 0 Å². The van der Waals surface area contributed by atoms with Gasteiger partial charge in [-0.3, -0.25) is 4.79 Å². The molecule has 0 radical (unpaired) electrons. The molecule has 2 rings (SSSR count). The van der Waals surface area contributed by atoms with Crippen molar-refractivity contribution in [3.05, 3.63) is 23.9 Å². The molecule has 4 nitrogen and oxygen atoms in total. The molecule has 1 aliphatic carbocycles. The largest absolute Gasteiger partial charge is 0.481 e. The highest BCUT2D eigenvalue weighted by Crippen LogP contribution is 2.43. The highest BCUT2D eigenvalue weighted by atomic mass is 16.5. The molecule has 0 atom stereocenters. The number of carboxylic acid groups (broad SMARTS) is 1. The Bertz CT molecular complexity index is 368. The molecule has 0 saturated heterocycles. The van der Waals surface area contributed by atoms with Gasteiger partial charge in [0.1, 0.15) is 0 Å². The minimum absolute atomic E-state index is 0.513. The normalized spacial score (nSPS) is 17.9. The molecule has 1 saturated carbocycles. The number of carbonyl (C=O) groups is 1. The number of pyridine rings is 1. The van der Waals surface area contributed by atoms with E-state index in [-0.39, 0.29) is 0 Å². The number of hydrogen-bond acceptors (Lipinski definition) is 3. The van der Waals surface area contributed by atoms with E-state index in [4.69, 9.17) is 4.74 Å². The van der Waals surface area contributed by atoms with Crippen LogP contribution in [0, 0.1) is 0 Å². The van der Waals surface area contributed by atoms with E-state index in [1.807, 2.05) is 0 Å². The topological polar surface area (TPSA) is 59.4 Å². The highest BCUT2D eigenvalue weighted by molar-refractivity contribution is 5.82. The second-order valence-corrected chi connectivity index (χ2v) is 3.83. The fourth-order valence-corrected chi connectivity index (χ4v) is 1.94. The van der Waals surface area contributed by atoms with Crippen molar-refractivity contribution in [2.45, 2.75) is 24.7 Å². The molecule has 1 aromatic rings. The van der Waals surface area contributed by atoms with Crippen molar-refractivity contribution in [2.75, 3.05) is 7.11 Å². The molecular formula is C11H13NO3. The molecule has 0 amide bonds. The first-order valence-electron chi connectivity index (χ1n) is 4.93. The lowest BCUT2D eigenvalue weighted by molar-refractivity contribution is -0.147. The Balaban J connectivity index is 2.31. The van der Waals surface area contributed by atoms with E-state index in [2.05, 4.69) is 4.98 Å². The summed E-state index contributed by atoms with van der Waals surface area (Å²) in [5, 5.41) is 9.20. The van der Waals surface area contributed by atoms with E-state index in [1.54, 1.807) is 18.3 Å². The fourth-order valence-electron chi connectivity index (χ4n) is 1.94. The smallest absolute Gasteiger partial charge is 0.314 e. The van der Waals surface area contributed by atoms with Gasteiger partial charge < -0.3 is 9.84 Å². The molecule has 0 unspecified atom stereocenters. The van der Waals surface area contributed by atoms with E-state index in [1.165, 1.54) is 7.11 Å². The molecule has 1 fully saturated rings. The summed E-state index contributed by atoms with van der Waals surface area (Å²) >= 11 is 0. The minimum atomic E-state index is -0.749. The van der Waals surface area contributed by atoms with E-state index in [0.29, 0.717) is 18.7 Å². The Kier molecular flexibility index (Phi) is 2.34. The summed E-state index contributed by atoms with van der Waals surface area (Å²) in [5.41, 5.74) is 0.0845. The van der Waals surface area contributed by atoms with Gasteiger partial charge in [-0.05, 0) is 18.4 Å². The lowest BCUT2D eigenvalue weighted by Gasteiger charge is -2.37. The Hall–Kier alpha value is -1.58. The zero-order valence-electron chi connectivity index (χ0n) is 8.56. The van der Waals surface area contributed by atoms with Crippen LogP contribution in [0.2, 0.25) is 0 Å². The molecule has 1 aliphatic rings. The average molecular weight is 207 g/mol. The SMILES string of the molecule is COc1ccc(C2(C(=O)O)CCC2)cn1. The molecule has 0 spiro atoms. The van der Waals surface area contributed by atoms with Crippen LogP contribution in [0.15, 0.2) is 18.3 Å². The van der Waals surface area contributed by atoms with Gasteiger partial charge in [0.05, 0.1) is 12.5 Å². The van der Waals surface area contributed by atoms with Crippen LogP contribution in [-0.4, -0.2) is 23.2 Å². The molecule has 0 bridgehead atoms. The van der Waals surface area contributed by atoms with Crippen molar-refractivity contribution in [1.29, 1.82) is 0 Å². The van der Waals surface area contributed by atoms with Gasteiger partial charge in [0.2, 0.25) is 5.88 Å². The van der Waals surface area contributed by atoms with Crippen LogP contribution < -0.4 is 4.74 Å². The quantitative estimate of drug-likeness (QED) is 0.817. The van der Waals surface area contributed by atoms with Gasteiger partial charge in [0.25, 0.3) is 0 Å². The average Bonchev–Trinajstić information content (AvgIpc) is 2.16. The number of rotatable bonds is 3. The summed E-state index contributed by atoms with van der Waals surface area (Å²) in [5.74, 6) is -0.237. The second kappa shape index (κ2) is 3.53. The van der Waals surface area contributed by atoms with Crippen molar-refractivity contribution in [3.8, 4) is 5.88 Å². The Morgan fingerprint density at radius 3 is 2.60 bits per heavy atom. The van der Waals surface area contributed by atoms with Gasteiger partial charge in [0, 0.05) is 12.3 Å². The summed E-state index contributed by atoms with van der Waals surface area (Å²) in [6.07, 6.45) is 3.98. The summed E-state index contributed by atoms with van der Waals surface area (Å²) in [6, 6.07) is 3.50. The van der Waals surface area contributed by atoms with Gasteiger partial charge in [-0.1, -0.05) is 12.5 Å². The van der Waals surface area contributed by atoms with Crippen molar-refractivity contribution < 1.29 is 14.6 Å². The van der Waals surface area contributed by atoms with Crippen LogP contribution in [0.5, 0.6) is 5.88 Å². The molecule has 80 valence electrons. The lowest BCUT2D eigenvalue weighted by atomic mass is 9.65. The fraction of sp³-hybridized carbons (Fsp3) is 0.455. The summed E-state index contributed by atoms with van der Waals surface area (Å²) in [7, 11) is 1.54. The predicted octanol–water partition coefficient (Wildman–Crippen LogP) is 1.60. The number of aromatic nitrogens is 1. The second-order valence-electron chi connectivity index (χ2n) is 3.83. The van der Waals surface area contributed by atoms with E-state index < -0.39 is 11.4 Å². The third-order valence-corrected chi connectivity index (χ3v) is 3.11. The third kappa shape index (κ3) is 1.46. The first-order chi connectivity index (χ1) is 7.19. The zero-order valence-corrected chi connectivity index (χ0v) is 8.56. The first kappa shape index (κ1) is 9.96. The number of hydrogen-bond donors (Lipinski definition) is 1. The Morgan fingerprint density at radius 2 is 2.27 bits per heavy atom. The number of nitrogens with zero attached hydrogens (tertiary/aromatic N) is 1. The van der Waals surface area contributed by atoms with Crippen LogP contribution in [0.25, 0.3) is 0 Å². The maximum Gasteiger partial charge on any atom is 0.314 e. The maximum atomic E-state index is 11.2. The molecule has 1 heterocycles. The molecule has 0 aliphatic heterocycles. The molecule has 4 heteroatoms. The summed E-state index contributed by atoms with van der Waals surface area (Å²) < 4.78 is 4.94. The van der Waals surface area contributed by atoms with Crippen molar-refractivity contribution >= 4 is 5.97 Å². The Labute approximate surface area is 87.9 Å². The number of aliphatic carboxylic acids is 1. The maximum absolute atomic E-state index is 11.2. The van der Waals surface area contributed by atoms with Crippen LogP contribution >= 0.6 is 0 Å². The zero-order chi connectivity index (χ0) is 10.9. The first-order valence-corrected chi connectivity index (χ1v) is 4.93. The number of ether oxygens (including phenoxy) is 1. The number of methoxy groups -OCH3 is 1. The van der Waals surface area contributed by atoms with Gasteiger partial charge in [-0.25, -0.2) is 4.98 Å². The van der Waals surface area contributed by atoms with E-state index in [9.17, 15) is 9.90 Å². The van der Waals surface area contributed by atoms with Gasteiger partial charge in [-0.2, -0.15) is 0 Å². The highest BCUT2D eigenvalue weighted by Gasteiger charge is 2.46. The summed E-state index contributed by atoms with van der Waals surface area (Å²) in [4.78, 5) is 15.2. The molecular weight excluding hydrogens is 194 g/mol. The summed E-state index contributed by atoms with van der Waals surface area (Å²) in [6.45, 7) is 0. The van der Waals surface area contributed by atoms with E-state index >= 15 is 0 Å². The molecule has 1 N–H and O–H groups in total. The third-order valence-electron chi connectivity index (χ3n) is 3.11. The molecule has 15 heavy (non-hydrogen) atoms. The van der Waals surface area contributed by atoms with Crippen LogP contribution in [-0.2, 0) is 10.2 Å². The minimum Gasteiger partial charge on any atom is -0.481 e. The molecule has 1 aromatic heterocycles. The predicted molar refractivity (Wildman–Crippen MR) is 54.0 cm³/mol. The Morgan fingerprint density at radius 1 is 1.53 bits per heavy atom. The van der Waals surface area contributed by atoms with Gasteiger partial charge in [-0.15, -0.1) is 0 Å². The van der Waals surface area contributed by atoms with Crippen molar-refractivity contribution in [2.24, 2.45) is 0 Å². The van der Waals surface area contributed by atoms with E-state index in [0.717, 1.165) is 12.0 Å². The van der Waals surface area contributed by atoms with Crippen LogP contribution in [0.1, 0.15) is 24.8 Å². The van der Waals surface area contributed by atoms with Crippen molar-refractivity contribution in [1.82, 2.24) is 4.98 Å². The van der Waals surface area contributed by atoms with Crippen LogP contribution in [0.4, 0.5) is 0 Å². The monoisotopic (exact) mass is 207 g/mol. The number of carboxylic acids is 1. The molecule has 0 aromatic carbocycles. The van der Waals surface area contributed by atoms with Crippen molar-refractivity contribution in [3.63, 3.8) is 0 Å².